The first-order chi connectivity index (χ1) is 10.9. The summed E-state index contributed by atoms with van der Waals surface area (Å²) >= 11 is 0. The molecule has 2 heterocycles. The molecule has 3 rings (SSSR count). The maximum absolute atomic E-state index is 10.1. The fourth-order valence-corrected chi connectivity index (χ4v) is 2.88. The van der Waals surface area contributed by atoms with Crippen molar-refractivity contribution in [2.45, 2.75) is 38.5 Å². The molecule has 0 bridgehead atoms. The topological polar surface area (TPSA) is 69.5 Å². The number of β-amino-alcohol motifs (C(OH)–C–C–N with tert-alkyl or cyclic N) is 1. The molecule has 23 heavy (non-hydrogen) atoms. The van der Waals surface area contributed by atoms with Crippen LogP contribution in [-0.4, -0.2) is 49.9 Å². The number of aliphatic hydroxyl groups excluding tert-OH is 1. The Balaban J connectivity index is 1.78. The average molecular weight is 313 g/mol. The van der Waals surface area contributed by atoms with E-state index in [1.807, 2.05) is 43.3 Å². The molecule has 5 nitrogen and oxygen atoms in total. The van der Waals surface area contributed by atoms with E-state index in [9.17, 15) is 10.2 Å². The first-order valence-electron chi connectivity index (χ1n) is 7.97. The lowest BCUT2D eigenvalue weighted by atomic mass is 9.91. The highest BCUT2D eigenvalue weighted by Gasteiger charge is 2.36. The van der Waals surface area contributed by atoms with Crippen molar-refractivity contribution < 1.29 is 10.2 Å². The Hall–Kier alpha value is -1.82. The van der Waals surface area contributed by atoms with Crippen molar-refractivity contribution in [3.8, 4) is 11.3 Å². The molecule has 0 spiro atoms. The number of benzene rings is 1. The van der Waals surface area contributed by atoms with Crippen LogP contribution in [0.2, 0.25) is 0 Å². The van der Waals surface area contributed by atoms with Gasteiger partial charge < -0.3 is 10.2 Å². The van der Waals surface area contributed by atoms with Gasteiger partial charge in [0.1, 0.15) is 5.82 Å². The van der Waals surface area contributed by atoms with Crippen molar-refractivity contribution >= 4 is 0 Å². The van der Waals surface area contributed by atoms with Gasteiger partial charge >= 0.3 is 0 Å². The number of hydrogen-bond acceptors (Lipinski definition) is 5. The Morgan fingerprint density at radius 1 is 1.26 bits per heavy atom. The van der Waals surface area contributed by atoms with Crippen LogP contribution in [0.3, 0.4) is 0 Å². The molecular weight excluding hydrogens is 290 g/mol. The molecule has 2 aromatic rings. The third-order valence-corrected chi connectivity index (χ3v) is 4.42. The normalized spacial score (nSPS) is 25.5. The van der Waals surface area contributed by atoms with Crippen molar-refractivity contribution in [3.05, 3.63) is 47.9 Å². The standard InChI is InChI=1S/C18H23N3O2/c1-13-10-15(14-6-4-3-5-7-14)20-17(19-13)12-21-9-8-18(2,23)16(22)11-21/h3-7,10,16,22-23H,8-9,11-12H2,1-2H3/t16-,18-/m0/s1. The zero-order valence-electron chi connectivity index (χ0n) is 13.6. The highest BCUT2D eigenvalue weighted by atomic mass is 16.3. The van der Waals surface area contributed by atoms with Gasteiger partial charge in [-0.3, -0.25) is 4.90 Å². The second kappa shape index (κ2) is 6.35. The number of aromatic nitrogens is 2. The molecule has 0 radical (unpaired) electrons. The van der Waals surface area contributed by atoms with E-state index >= 15 is 0 Å². The summed E-state index contributed by atoms with van der Waals surface area (Å²) in [6, 6.07) is 12.0. The van der Waals surface area contributed by atoms with Gasteiger partial charge in [-0.25, -0.2) is 9.97 Å². The van der Waals surface area contributed by atoms with Crippen LogP contribution in [0.1, 0.15) is 24.9 Å². The summed E-state index contributed by atoms with van der Waals surface area (Å²) in [5.41, 5.74) is 1.91. The van der Waals surface area contributed by atoms with E-state index in [2.05, 4.69) is 14.9 Å². The van der Waals surface area contributed by atoms with Crippen LogP contribution < -0.4 is 0 Å². The summed E-state index contributed by atoms with van der Waals surface area (Å²) in [5, 5.41) is 20.1. The Morgan fingerprint density at radius 2 is 2.00 bits per heavy atom. The highest BCUT2D eigenvalue weighted by molar-refractivity contribution is 5.58. The van der Waals surface area contributed by atoms with Crippen molar-refractivity contribution in [3.63, 3.8) is 0 Å². The summed E-state index contributed by atoms with van der Waals surface area (Å²) in [4.78, 5) is 11.3. The summed E-state index contributed by atoms with van der Waals surface area (Å²) < 4.78 is 0. The lowest BCUT2D eigenvalue weighted by Gasteiger charge is -2.39. The molecule has 5 heteroatoms. The smallest absolute Gasteiger partial charge is 0.143 e. The summed E-state index contributed by atoms with van der Waals surface area (Å²) in [6.07, 6.45) is -0.194. The number of aliphatic hydroxyl groups is 2. The molecule has 2 N–H and O–H groups in total. The second-order valence-corrected chi connectivity index (χ2v) is 6.53. The number of nitrogens with zero attached hydrogens (tertiary/aromatic N) is 3. The molecular formula is C18H23N3O2. The van der Waals surface area contributed by atoms with Gasteiger partial charge in [0, 0.05) is 24.3 Å². The highest BCUT2D eigenvalue weighted by Crippen LogP contribution is 2.23. The van der Waals surface area contributed by atoms with Crippen molar-refractivity contribution in [1.29, 1.82) is 0 Å². The van der Waals surface area contributed by atoms with Crippen LogP contribution in [-0.2, 0) is 6.54 Å². The van der Waals surface area contributed by atoms with Gasteiger partial charge in [-0.2, -0.15) is 0 Å². The molecule has 0 saturated carbocycles. The summed E-state index contributed by atoms with van der Waals surface area (Å²) in [7, 11) is 0. The summed E-state index contributed by atoms with van der Waals surface area (Å²) in [6.45, 7) is 5.39. The third kappa shape index (κ3) is 3.75. The first-order valence-corrected chi connectivity index (χ1v) is 7.97. The number of aryl methyl sites for hydroxylation is 1. The van der Waals surface area contributed by atoms with E-state index in [1.54, 1.807) is 6.92 Å². The molecule has 0 amide bonds. The van der Waals surface area contributed by atoms with Crippen molar-refractivity contribution in [2.75, 3.05) is 13.1 Å². The van der Waals surface area contributed by atoms with Crippen LogP contribution in [0.25, 0.3) is 11.3 Å². The van der Waals surface area contributed by atoms with Crippen LogP contribution in [0.5, 0.6) is 0 Å². The lowest BCUT2D eigenvalue weighted by molar-refractivity contribution is -0.108. The van der Waals surface area contributed by atoms with Gasteiger partial charge in [0.25, 0.3) is 0 Å². The van der Waals surface area contributed by atoms with E-state index in [0.717, 1.165) is 29.3 Å². The number of piperidine rings is 1. The van der Waals surface area contributed by atoms with Gasteiger partial charge in [0.2, 0.25) is 0 Å². The summed E-state index contributed by atoms with van der Waals surface area (Å²) in [5.74, 6) is 0.748. The van der Waals surface area contributed by atoms with E-state index in [0.29, 0.717) is 19.5 Å². The molecule has 1 fully saturated rings. The lowest BCUT2D eigenvalue weighted by Crippen LogP contribution is -2.53. The maximum Gasteiger partial charge on any atom is 0.143 e. The Morgan fingerprint density at radius 3 is 2.70 bits per heavy atom. The Kier molecular flexibility index (Phi) is 4.43. The fraction of sp³-hybridized carbons (Fsp3) is 0.444. The zero-order chi connectivity index (χ0) is 16.4. The van der Waals surface area contributed by atoms with Gasteiger partial charge in [-0.05, 0) is 26.3 Å². The third-order valence-electron chi connectivity index (χ3n) is 4.42. The van der Waals surface area contributed by atoms with Crippen LogP contribution in [0.15, 0.2) is 36.4 Å². The van der Waals surface area contributed by atoms with Gasteiger partial charge in [0.05, 0.1) is 23.9 Å². The van der Waals surface area contributed by atoms with Gasteiger partial charge in [-0.1, -0.05) is 30.3 Å². The number of rotatable bonds is 3. The van der Waals surface area contributed by atoms with E-state index < -0.39 is 11.7 Å². The SMILES string of the molecule is Cc1cc(-c2ccccc2)nc(CN2CC[C@](C)(O)[C@@H](O)C2)n1. The van der Waals surface area contributed by atoms with Crippen molar-refractivity contribution in [2.24, 2.45) is 0 Å². The van der Waals surface area contributed by atoms with Crippen LogP contribution in [0, 0.1) is 6.92 Å². The molecule has 1 aliphatic rings. The molecule has 1 aromatic carbocycles. The maximum atomic E-state index is 10.1. The fourth-order valence-electron chi connectivity index (χ4n) is 2.88. The van der Waals surface area contributed by atoms with E-state index in [-0.39, 0.29) is 0 Å². The predicted molar refractivity (Wildman–Crippen MR) is 88.7 cm³/mol. The average Bonchev–Trinajstić information content (AvgIpc) is 2.52. The van der Waals surface area contributed by atoms with Gasteiger partial charge in [-0.15, -0.1) is 0 Å². The minimum atomic E-state index is -1.00. The minimum Gasteiger partial charge on any atom is -0.389 e. The molecule has 0 aliphatic carbocycles. The molecule has 1 aromatic heterocycles. The van der Waals surface area contributed by atoms with Crippen LogP contribution >= 0.6 is 0 Å². The molecule has 0 unspecified atom stereocenters. The quantitative estimate of drug-likeness (QED) is 0.904. The Labute approximate surface area is 136 Å². The monoisotopic (exact) mass is 313 g/mol. The van der Waals surface area contributed by atoms with E-state index in [1.165, 1.54) is 0 Å². The minimum absolute atomic E-state index is 0.435. The number of likely N-dealkylation sites (tertiary alicyclic amines) is 1. The largest absolute Gasteiger partial charge is 0.389 e. The molecule has 1 aliphatic heterocycles. The number of hydrogen-bond donors (Lipinski definition) is 2. The zero-order valence-corrected chi connectivity index (χ0v) is 13.6. The predicted octanol–water partition coefficient (Wildman–Crippen LogP) is 1.77. The molecule has 1 saturated heterocycles. The first kappa shape index (κ1) is 16.1. The second-order valence-electron chi connectivity index (χ2n) is 6.53. The van der Waals surface area contributed by atoms with Crippen molar-refractivity contribution in [1.82, 2.24) is 14.9 Å². The van der Waals surface area contributed by atoms with Crippen LogP contribution in [0.4, 0.5) is 0 Å². The molecule has 2 atom stereocenters. The molecule has 122 valence electrons. The van der Waals surface area contributed by atoms with E-state index in [4.69, 9.17) is 0 Å². The van der Waals surface area contributed by atoms with Gasteiger partial charge in [0.15, 0.2) is 0 Å². The Bertz CT molecular complexity index is 673.